The van der Waals surface area contributed by atoms with E-state index in [4.69, 9.17) is 0 Å². The molecule has 0 saturated carbocycles. The summed E-state index contributed by atoms with van der Waals surface area (Å²) in [6, 6.07) is 16.6. The van der Waals surface area contributed by atoms with Gasteiger partial charge >= 0.3 is 5.97 Å². The molecule has 6 heteroatoms. The molecule has 2 aromatic rings. The van der Waals surface area contributed by atoms with Gasteiger partial charge < -0.3 is 29.9 Å². The molecule has 21 heavy (non-hydrogen) atoms. The quantitative estimate of drug-likeness (QED) is 0.436. The molecule has 0 radical (unpaired) electrons. The van der Waals surface area contributed by atoms with E-state index in [1.54, 1.807) is 17.1 Å². The third-order valence-corrected chi connectivity index (χ3v) is 3.71. The van der Waals surface area contributed by atoms with Gasteiger partial charge in [0.05, 0.1) is 0 Å². The molecule has 0 aliphatic carbocycles. The number of rotatable bonds is 5. The number of carbonyl (C=O) groups is 1. The van der Waals surface area contributed by atoms with Crippen LogP contribution in [-0.4, -0.2) is 17.3 Å². The lowest BCUT2D eigenvalue weighted by molar-refractivity contribution is -0.605. The molecule has 114 valence electrons. The molecule has 3 nitrogen and oxygen atoms in total. The minimum atomic E-state index is -0.828. The molecule has 0 saturated heterocycles. The van der Waals surface area contributed by atoms with Gasteiger partial charge in [-0.15, -0.1) is 11.8 Å². The summed E-state index contributed by atoms with van der Waals surface area (Å²) in [6.07, 6.45) is 1.96. The first-order chi connectivity index (χ1) is 9.22. The number of thioether (sulfide) groups is 1. The number of hydrogen-bond acceptors (Lipinski definition) is 2. The third kappa shape index (κ3) is 5.25. The number of benzene rings is 2. The molecule has 0 aliphatic heterocycles. The van der Waals surface area contributed by atoms with Crippen molar-refractivity contribution in [2.75, 3.05) is 6.26 Å². The third-order valence-electron chi connectivity index (χ3n) is 2.90. The van der Waals surface area contributed by atoms with Gasteiger partial charge in [-0.05, 0) is 24.5 Å². The van der Waals surface area contributed by atoms with E-state index in [0.29, 0.717) is 0 Å². The number of hydrogen-bond donors (Lipinski definition) is 2. The van der Waals surface area contributed by atoms with Gasteiger partial charge in [0.25, 0.3) is 0 Å². The van der Waals surface area contributed by atoms with Gasteiger partial charge in [-0.1, -0.05) is 36.4 Å². The summed E-state index contributed by atoms with van der Waals surface area (Å²) in [5.41, 5.74) is 1.76. The van der Waals surface area contributed by atoms with Crippen LogP contribution in [0.15, 0.2) is 59.5 Å². The Morgan fingerprint density at radius 2 is 1.62 bits per heavy atom. The van der Waals surface area contributed by atoms with Crippen molar-refractivity contribution in [1.82, 2.24) is 0 Å². The average molecular weight is 345 g/mol. The summed E-state index contributed by atoms with van der Waals surface area (Å²) in [5, 5.41) is 11.3. The van der Waals surface area contributed by atoms with Crippen molar-refractivity contribution in [2.45, 2.75) is 10.9 Å². The molecule has 0 spiro atoms. The average Bonchev–Trinajstić information content (AvgIpc) is 2.45. The predicted molar refractivity (Wildman–Crippen MR) is 76.6 cm³/mol. The number of carboxylic acids is 1. The molecule has 0 fully saturated rings. The SMILES string of the molecule is CSc1ccccc1C([NH2+]c1ccccc1)C(=O)O.[Cl-].[Cl-]. The highest BCUT2D eigenvalue weighted by molar-refractivity contribution is 7.98. The van der Waals surface area contributed by atoms with E-state index >= 15 is 0 Å². The monoisotopic (exact) mass is 344 g/mol. The van der Waals surface area contributed by atoms with E-state index in [1.165, 1.54) is 0 Å². The maximum Gasteiger partial charge on any atom is 0.367 e. The van der Waals surface area contributed by atoms with E-state index in [1.807, 2.05) is 60.9 Å². The van der Waals surface area contributed by atoms with Crippen molar-refractivity contribution >= 4 is 23.4 Å². The van der Waals surface area contributed by atoms with Crippen molar-refractivity contribution in [3.63, 3.8) is 0 Å². The van der Waals surface area contributed by atoms with Gasteiger partial charge in [-0.3, -0.25) is 5.32 Å². The Bertz CT molecular complexity index is 567. The number of aliphatic carboxylic acids is 1. The number of nitrogens with two attached hydrogens (primary N) is 1. The lowest BCUT2D eigenvalue weighted by atomic mass is 10.1. The van der Waals surface area contributed by atoms with Gasteiger partial charge in [0.15, 0.2) is 0 Å². The molecule has 1 atom stereocenters. The molecule has 0 amide bonds. The van der Waals surface area contributed by atoms with E-state index in [2.05, 4.69) is 0 Å². The van der Waals surface area contributed by atoms with Crippen LogP contribution in [0.1, 0.15) is 11.6 Å². The second kappa shape index (κ2) is 9.68. The number of carboxylic acid groups (broad SMARTS) is 1. The van der Waals surface area contributed by atoms with Crippen LogP contribution in [0, 0.1) is 0 Å². The van der Waals surface area contributed by atoms with Crippen LogP contribution < -0.4 is 30.1 Å². The van der Waals surface area contributed by atoms with Crippen LogP contribution in [-0.2, 0) is 4.79 Å². The van der Waals surface area contributed by atoms with Crippen molar-refractivity contribution in [3.05, 3.63) is 60.2 Å². The molecule has 0 aliphatic rings. The van der Waals surface area contributed by atoms with E-state index in [0.717, 1.165) is 16.1 Å². The molecule has 0 heterocycles. The predicted octanol–water partition coefficient (Wildman–Crippen LogP) is -3.56. The van der Waals surface area contributed by atoms with E-state index in [9.17, 15) is 9.90 Å². The summed E-state index contributed by atoms with van der Waals surface area (Å²) < 4.78 is 0. The fourth-order valence-electron chi connectivity index (χ4n) is 1.97. The zero-order valence-corrected chi connectivity index (χ0v) is 13.7. The Balaban J connectivity index is 0.00000200. The molecular formula is C15H16Cl2NO2S-. The summed E-state index contributed by atoms with van der Waals surface area (Å²) in [4.78, 5) is 12.5. The molecule has 3 N–H and O–H groups in total. The van der Waals surface area contributed by atoms with Crippen LogP contribution in [0.5, 0.6) is 0 Å². The molecule has 2 aromatic carbocycles. The Kier molecular flexibility index (Phi) is 9.13. The zero-order chi connectivity index (χ0) is 13.7. The second-order valence-corrected chi connectivity index (χ2v) is 4.98. The first-order valence-electron chi connectivity index (χ1n) is 5.98. The molecule has 0 bridgehead atoms. The fourth-order valence-corrected chi connectivity index (χ4v) is 2.62. The Labute approximate surface area is 141 Å². The normalized spacial score (nSPS) is 10.9. The van der Waals surface area contributed by atoms with E-state index < -0.39 is 12.0 Å². The Hall–Kier alpha value is -1.20. The Morgan fingerprint density at radius 3 is 2.19 bits per heavy atom. The maximum absolute atomic E-state index is 11.5. The number of halogens is 2. The van der Waals surface area contributed by atoms with Crippen LogP contribution in [0.3, 0.4) is 0 Å². The fraction of sp³-hybridized carbons (Fsp3) is 0.133. The van der Waals surface area contributed by atoms with Crippen molar-refractivity contribution < 1.29 is 40.0 Å². The smallest absolute Gasteiger partial charge is 0.367 e. The molecule has 0 aromatic heterocycles. The first-order valence-corrected chi connectivity index (χ1v) is 7.20. The largest absolute Gasteiger partial charge is 1.00 e. The summed E-state index contributed by atoms with van der Waals surface area (Å²) >= 11 is 1.57. The first kappa shape index (κ1) is 19.8. The van der Waals surface area contributed by atoms with Gasteiger partial charge in [0.1, 0.15) is 5.69 Å². The van der Waals surface area contributed by atoms with Crippen molar-refractivity contribution in [3.8, 4) is 0 Å². The van der Waals surface area contributed by atoms with Gasteiger partial charge in [-0.2, -0.15) is 0 Å². The highest BCUT2D eigenvalue weighted by Gasteiger charge is 2.26. The lowest BCUT2D eigenvalue weighted by Gasteiger charge is -2.14. The van der Waals surface area contributed by atoms with Crippen LogP contribution in [0.4, 0.5) is 5.69 Å². The summed E-state index contributed by atoms with van der Waals surface area (Å²) in [6.45, 7) is 0. The standard InChI is InChI=1S/C15H15NO2S.2ClH/c1-19-13-10-6-5-9-12(13)14(15(17)18)16-11-7-3-2-4-8-11;;/h2-10,14,16H,1H3,(H,17,18);2*1H/p-1. The van der Waals surface area contributed by atoms with Crippen LogP contribution >= 0.6 is 11.8 Å². The molecule has 1 unspecified atom stereocenters. The van der Waals surface area contributed by atoms with Crippen LogP contribution in [0.25, 0.3) is 0 Å². The highest BCUT2D eigenvalue weighted by atomic mass is 35.5. The lowest BCUT2D eigenvalue weighted by Crippen LogP contribution is -3.00. The van der Waals surface area contributed by atoms with Crippen molar-refractivity contribution in [1.29, 1.82) is 0 Å². The molecular weight excluding hydrogens is 329 g/mol. The zero-order valence-electron chi connectivity index (χ0n) is 11.4. The van der Waals surface area contributed by atoms with Gasteiger partial charge in [0, 0.05) is 10.5 Å². The topological polar surface area (TPSA) is 53.9 Å². The van der Waals surface area contributed by atoms with Gasteiger partial charge in [-0.25, -0.2) is 4.79 Å². The van der Waals surface area contributed by atoms with Gasteiger partial charge in [0.2, 0.25) is 6.04 Å². The number of quaternary nitrogens is 1. The molecule has 2 rings (SSSR count). The van der Waals surface area contributed by atoms with E-state index in [-0.39, 0.29) is 24.8 Å². The minimum Gasteiger partial charge on any atom is -1.00 e. The second-order valence-electron chi connectivity index (χ2n) is 4.14. The summed E-state index contributed by atoms with van der Waals surface area (Å²) in [7, 11) is 0. The highest BCUT2D eigenvalue weighted by Crippen LogP contribution is 2.24. The van der Waals surface area contributed by atoms with Crippen LogP contribution in [0.2, 0.25) is 0 Å². The Morgan fingerprint density at radius 1 is 1.05 bits per heavy atom. The number of para-hydroxylation sites is 1. The minimum absolute atomic E-state index is 0. The van der Waals surface area contributed by atoms with Crippen molar-refractivity contribution in [2.24, 2.45) is 0 Å². The summed E-state index contributed by atoms with van der Waals surface area (Å²) in [5.74, 6) is -0.828. The maximum atomic E-state index is 11.5.